The number of carbonyl (C=O) groups is 2. The number of amides is 2. The van der Waals surface area contributed by atoms with E-state index < -0.39 is 17.7 Å². The van der Waals surface area contributed by atoms with Gasteiger partial charge in [-0.1, -0.05) is 0 Å². The van der Waals surface area contributed by atoms with Gasteiger partial charge in [-0.3, -0.25) is 4.79 Å². The molecule has 1 aromatic rings. The molecule has 2 heterocycles. The molecule has 158 valence electrons. The fourth-order valence-electron chi connectivity index (χ4n) is 2.77. The van der Waals surface area contributed by atoms with Crippen molar-refractivity contribution in [3.63, 3.8) is 0 Å². The zero-order chi connectivity index (χ0) is 21.3. The van der Waals surface area contributed by atoms with E-state index in [1.807, 2.05) is 6.07 Å². The fourth-order valence-corrected chi connectivity index (χ4v) is 3.73. The monoisotopic (exact) mass is 419 g/mol. The van der Waals surface area contributed by atoms with Crippen LogP contribution < -0.4 is 10.6 Å². The summed E-state index contributed by atoms with van der Waals surface area (Å²) < 4.78 is 5.32. The normalized spacial score (nSPS) is 14.8. The molecule has 1 fully saturated rings. The second-order valence-corrected chi connectivity index (χ2v) is 8.88. The Morgan fingerprint density at radius 3 is 2.76 bits per heavy atom. The summed E-state index contributed by atoms with van der Waals surface area (Å²) >= 11 is 1.71. The minimum absolute atomic E-state index is 0.0532. The van der Waals surface area contributed by atoms with E-state index in [0.717, 1.165) is 18.6 Å². The molecule has 0 aliphatic carbocycles. The number of nitriles is 1. The molecule has 1 atom stereocenters. The van der Waals surface area contributed by atoms with Crippen LogP contribution in [0.1, 0.15) is 45.6 Å². The summed E-state index contributed by atoms with van der Waals surface area (Å²) in [6.45, 7) is 6.78. The molecule has 0 saturated carbocycles. The maximum Gasteiger partial charge on any atom is 0.408 e. The van der Waals surface area contributed by atoms with Gasteiger partial charge >= 0.3 is 6.09 Å². The van der Waals surface area contributed by atoms with Crippen molar-refractivity contribution in [2.75, 3.05) is 30.0 Å². The number of thioether (sulfide) groups is 1. The molecule has 0 unspecified atom stereocenters. The Morgan fingerprint density at radius 1 is 1.38 bits per heavy atom. The highest BCUT2D eigenvalue weighted by Gasteiger charge is 2.29. The van der Waals surface area contributed by atoms with Crippen LogP contribution in [-0.4, -0.2) is 58.2 Å². The van der Waals surface area contributed by atoms with E-state index >= 15 is 0 Å². The number of carbonyl (C=O) groups excluding carboxylic acids is 2. The number of hydrogen-bond donors (Lipinski definition) is 2. The molecule has 8 nitrogen and oxygen atoms in total. The molecule has 1 aliphatic heterocycles. The average Bonchev–Trinajstić information content (AvgIpc) is 3.20. The van der Waals surface area contributed by atoms with Crippen molar-refractivity contribution in [1.82, 2.24) is 15.2 Å². The van der Waals surface area contributed by atoms with E-state index in [-0.39, 0.29) is 5.91 Å². The number of nitrogens with zero attached hydrogens (tertiary/aromatic N) is 3. The Hall–Kier alpha value is -2.47. The van der Waals surface area contributed by atoms with E-state index in [4.69, 9.17) is 10.00 Å². The molecule has 9 heteroatoms. The first-order valence-corrected chi connectivity index (χ1v) is 10.9. The van der Waals surface area contributed by atoms with Crippen molar-refractivity contribution in [1.29, 1.82) is 5.26 Å². The lowest BCUT2D eigenvalue weighted by molar-refractivity contribution is -0.132. The van der Waals surface area contributed by atoms with Gasteiger partial charge in [0, 0.05) is 25.0 Å². The van der Waals surface area contributed by atoms with Gasteiger partial charge in [0.15, 0.2) is 0 Å². The number of alkyl carbamates (subject to hydrolysis) is 1. The molecule has 29 heavy (non-hydrogen) atoms. The number of aromatic nitrogens is 1. The number of ether oxygens (including phenoxy) is 1. The summed E-state index contributed by atoms with van der Waals surface area (Å²) in [6, 6.07) is 4.92. The summed E-state index contributed by atoms with van der Waals surface area (Å²) in [6.07, 6.45) is 3.08. The maximum absolute atomic E-state index is 12.8. The molecule has 0 spiro atoms. The van der Waals surface area contributed by atoms with Crippen molar-refractivity contribution in [2.24, 2.45) is 0 Å². The Bertz CT molecular complexity index is 721. The summed E-state index contributed by atoms with van der Waals surface area (Å²) in [4.78, 5) is 30.9. The molecule has 1 aromatic heterocycles. The van der Waals surface area contributed by atoms with Crippen LogP contribution in [-0.2, 0) is 9.53 Å². The third-order valence-corrected chi connectivity index (χ3v) is 5.14. The first-order valence-electron chi connectivity index (χ1n) is 9.74. The summed E-state index contributed by atoms with van der Waals surface area (Å²) in [5.74, 6) is 2.24. The van der Waals surface area contributed by atoms with Crippen molar-refractivity contribution < 1.29 is 14.3 Å². The van der Waals surface area contributed by atoms with E-state index in [2.05, 4.69) is 15.6 Å². The highest BCUT2D eigenvalue weighted by Crippen LogP contribution is 2.17. The molecule has 0 radical (unpaired) electrons. The lowest BCUT2D eigenvalue weighted by atomic mass is 10.1. The molecule has 0 aromatic carbocycles. The predicted octanol–water partition coefficient (Wildman–Crippen LogP) is 2.96. The summed E-state index contributed by atoms with van der Waals surface area (Å²) in [7, 11) is 0. The first-order chi connectivity index (χ1) is 13.8. The van der Waals surface area contributed by atoms with Gasteiger partial charge in [-0.15, -0.1) is 11.8 Å². The van der Waals surface area contributed by atoms with Crippen LogP contribution in [0.5, 0.6) is 0 Å². The lowest BCUT2D eigenvalue weighted by Gasteiger charge is -2.26. The average molecular weight is 420 g/mol. The van der Waals surface area contributed by atoms with Gasteiger partial charge in [0.2, 0.25) is 5.91 Å². The topological polar surface area (TPSA) is 107 Å². The third kappa shape index (κ3) is 8.20. The number of pyridine rings is 1. The summed E-state index contributed by atoms with van der Waals surface area (Å²) in [5, 5.41) is 14.7. The van der Waals surface area contributed by atoms with Gasteiger partial charge in [-0.05, 0) is 52.2 Å². The van der Waals surface area contributed by atoms with Crippen LogP contribution in [0.25, 0.3) is 0 Å². The SMILES string of the molecule is CC(C)(C)OC(=O)N[C@@H](CCCCNc1ccc(C#N)cn1)C(=O)N1CCSC1. The van der Waals surface area contributed by atoms with Crippen LogP contribution in [0.2, 0.25) is 0 Å². The lowest BCUT2D eigenvalue weighted by Crippen LogP contribution is -2.49. The van der Waals surface area contributed by atoms with Crippen molar-refractivity contribution in [3.8, 4) is 6.07 Å². The Labute approximate surface area is 176 Å². The van der Waals surface area contributed by atoms with Gasteiger partial charge in [-0.2, -0.15) is 5.26 Å². The van der Waals surface area contributed by atoms with E-state index in [0.29, 0.717) is 36.8 Å². The van der Waals surface area contributed by atoms with Crippen LogP contribution in [0.3, 0.4) is 0 Å². The molecule has 1 saturated heterocycles. The van der Waals surface area contributed by atoms with Crippen molar-refractivity contribution in [2.45, 2.75) is 51.7 Å². The second kappa shape index (κ2) is 10.9. The minimum Gasteiger partial charge on any atom is -0.444 e. The van der Waals surface area contributed by atoms with Gasteiger partial charge in [0.1, 0.15) is 23.5 Å². The molecule has 1 aliphatic rings. The largest absolute Gasteiger partial charge is 0.444 e. The minimum atomic E-state index is -0.612. The van der Waals surface area contributed by atoms with E-state index in [1.54, 1.807) is 49.6 Å². The third-order valence-electron chi connectivity index (χ3n) is 4.17. The highest BCUT2D eigenvalue weighted by molar-refractivity contribution is 7.99. The molecule has 0 bridgehead atoms. The van der Waals surface area contributed by atoms with Gasteiger partial charge in [-0.25, -0.2) is 9.78 Å². The molecule has 2 rings (SSSR count). The number of unbranched alkanes of at least 4 members (excludes halogenated alkanes) is 1. The van der Waals surface area contributed by atoms with Crippen LogP contribution in [0.4, 0.5) is 10.6 Å². The highest BCUT2D eigenvalue weighted by atomic mass is 32.2. The Morgan fingerprint density at radius 2 is 2.17 bits per heavy atom. The number of rotatable bonds is 8. The molecular formula is C20H29N5O3S. The first kappa shape index (κ1) is 22.8. The maximum atomic E-state index is 12.8. The van der Waals surface area contributed by atoms with Gasteiger partial charge in [0.05, 0.1) is 11.4 Å². The van der Waals surface area contributed by atoms with E-state index in [9.17, 15) is 9.59 Å². The number of nitrogens with one attached hydrogen (secondary N) is 2. The van der Waals surface area contributed by atoms with Gasteiger partial charge < -0.3 is 20.3 Å². The van der Waals surface area contributed by atoms with Crippen LogP contribution in [0, 0.1) is 11.3 Å². The van der Waals surface area contributed by atoms with Crippen LogP contribution in [0.15, 0.2) is 18.3 Å². The fraction of sp³-hybridized carbons (Fsp3) is 0.600. The smallest absolute Gasteiger partial charge is 0.408 e. The standard InChI is InChI=1S/C20H29N5O3S/c1-20(2,3)28-19(27)24-16(18(26)25-10-11-29-14-25)6-4-5-9-22-17-8-7-15(12-21)13-23-17/h7-8,13,16H,4-6,9-11,14H2,1-3H3,(H,22,23)(H,24,27)/t16-/m0/s1. The zero-order valence-electron chi connectivity index (χ0n) is 17.2. The van der Waals surface area contributed by atoms with Crippen LogP contribution >= 0.6 is 11.8 Å². The summed E-state index contributed by atoms with van der Waals surface area (Å²) in [5.41, 5.74) is -0.0932. The molecular weight excluding hydrogens is 390 g/mol. The Kier molecular flexibility index (Phi) is 8.58. The second-order valence-electron chi connectivity index (χ2n) is 7.80. The predicted molar refractivity (Wildman–Crippen MR) is 113 cm³/mol. The number of hydrogen-bond acceptors (Lipinski definition) is 7. The number of anilines is 1. The quantitative estimate of drug-likeness (QED) is 0.624. The van der Waals surface area contributed by atoms with E-state index in [1.165, 1.54) is 6.20 Å². The van der Waals surface area contributed by atoms with Crippen molar-refractivity contribution in [3.05, 3.63) is 23.9 Å². The molecule has 2 N–H and O–H groups in total. The zero-order valence-corrected chi connectivity index (χ0v) is 18.1. The van der Waals surface area contributed by atoms with Crippen molar-refractivity contribution >= 4 is 29.6 Å². The van der Waals surface area contributed by atoms with Gasteiger partial charge in [0.25, 0.3) is 0 Å². The molecule has 2 amide bonds. The Balaban J connectivity index is 1.81.